The number of halogens is 2. The molecule has 4 heteroatoms. The fraction of sp³-hybridized carbons (Fsp3) is 0.188. The van der Waals surface area contributed by atoms with Crippen LogP contribution in [0.3, 0.4) is 0 Å². The topological polar surface area (TPSA) is 29.1 Å². The highest BCUT2D eigenvalue weighted by atomic mass is 79.9. The van der Waals surface area contributed by atoms with Crippen molar-refractivity contribution in [1.82, 2.24) is 5.32 Å². The summed E-state index contributed by atoms with van der Waals surface area (Å²) in [6.07, 6.45) is 0. The minimum atomic E-state index is -0.0846. The summed E-state index contributed by atoms with van der Waals surface area (Å²) in [5.74, 6) is 0.370. The molecule has 0 aliphatic carbocycles. The van der Waals surface area contributed by atoms with Gasteiger partial charge in [-0.25, -0.2) is 0 Å². The van der Waals surface area contributed by atoms with Crippen molar-refractivity contribution in [2.24, 2.45) is 0 Å². The molecule has 20 heavy (non-hydrogen) atoms. The van der Waals surface area contributed by atoms with Gasteiger partial charge in [-0.1, -0.05) is 40.2 Å². The third-order valence-corrected chi connectivity index (χ3v) is 3.87. The first-order valence-corrected chi connectivity index (χ1v) is 7.64. The van der Waals surface area contributed by atoms with Crippen LogP contribution in [-0.2, 0) is 5.88 Å². The van der Waals surface area contributed by atoms with E-state index in [-0.39, 0.29) is 11.9 Å². The summed E-state index contributed by atoms with van der Waals surface area (Å²) in [7, 11) is 0. The van der Waals surface area contributed by atoms with E-state index in [0.717, 1.165) is 15.6 Å². The molecule has 0 aliphatic heterocycles. The van der Waals surface area contributed by atoms with Gasteiger partial charge in [0.1, 0.15) is 0 Å². The number of amides is 1. The minimum Gasteiger partial charge on any atom is -0.346 e. The Bertz CT molecular complexity index is 598. The van der Waals surface area contributed by atoms with Crippen LogP contribution in [0, 0.1) is 0 Å². The van der Waals surface area contributed by atoms with E-state index in [0.29, 0.717) is 11.4 Å². The highest BCUT2D eigenvalue weighted by Crippen LogP contribution is 2.18. The maximum atomic E-state index is 12.2. The molecule has 0 aromatic heterocycles. The van der Waals surface area contributed by atoms with Crippen LogP contribution >= 0.6 is 27.5 Å². The number of carbonyl (C=O) groups is 1. The second-order valence-corrected chi connectivity index (χ2v) is 5.76. The fourth-order valence-corrected chi connectivity index (χ4v) is 2.48. The lowest BCUT2D eigenvalue weighted by atomic mass is 10.1. The molecular weight excluding hydrogens is 338 g/mol. The Labute approximate surface area is 132 Å². The van der Waals surface area contributed by atoms with E-state index < -0.39 is 0 Å². The van der Waals surface area contributed by atoms with Gasteiger partial charge in [-0.05, 0) is 42.3 Å². The third kappa shape index (κ3) is 3.84. The number of alkyl halides is 1. The zero-order valence-corrected chi connectivity index (χ0v) is 13.4. The maximum Gasteiger partial charge on any atom is 0.251 e. The molecule has 0 radical (unpaired) electrons. The summed E-state index contributed by atoms with van der Waals surface area (Å²) in [6, 6.07) is 15.2. The van der Waals surface area contributed by atoms with Gasteiger partial charge in [-0.3, -0.25) is 4.79 Å². The number of hydrogen-bond donors (Lipinski definition) is 1. The van der Waals surface area contributed by atoms with Crippen molar-refractivity contribution in [1.29, 1.82) is 0 Å². The molecule has 2 aromatic carbocycles. The van der Waals surface area contributed by atoms with E-state index >= 15 is 0 Å². The van der Waals surface area contributed by atoms with E-state index in [2.05, 4.69) is 21.2 Å². The van der Waals surface area contributed by atoms with Gasteiger partial charge in [0.15, 0.2) is 0 Å². The summed E-state index contributed by atoms with van der Waals surface area (Å²) >= 11 is 9.17. The number of benzene rings is 2. The lowest BCUT2D eigenvalue weighted by molar-refractivity contribution is 0.0940. The lowest BCUT2D eigenvalue weighted by Crippen LogP contribution is -2.26. The van der Waals surface area contributed by atoms with Crippen molar-refractivity contribution in [3.63, 3.8) is 0 Å². The highest BCUT2D eigenvalue weighted by molar-refractivity contribution is 9.10. The quantitative estimate of drug-likeness (QED) is 0.795. The predicted molar refractivity (Wildman–Crippen MR) is 86.0 cm³/mol. The molecule has 0 spiro atoms. The van der Waals surface area contributed by atoms with Crippen LogP contribution in [0.1, 0.15) is 34.5 Å². The molecule has 0 saturated carbocycles. The van der Waals surface area contributed by atoms with Crippen LogP contribution in [0.2, 0.25) is 0 Å². The van der Waals surface area contributed by atoms with Crippen molar-refractivity contribution >= 4 is 33.4 Å². The normalized spacial score (nSPS) is 11.9. The molecule has 2 aromatic rings. The summed E-state index contributed by atoms with van der Waals surface area (Å²) in [5, 5.41) is 2.98. The molecule has 0 heterocycles. The molecule has 104 valence electrons. The van der Waals surface area contributed by atoms with Gasteiger partial charge in [0.2, 0.25) is 0 Å². The van der Waals surface area contributed by atoms with Crippen molar-refractivity contribution in [3.05, 3.63) is 69.7 Å². The van der Waals surface area contributed by atoms with Gasteiger partial charge in [0.25, 0.3) is 5.91 Å². The average molecular weight is 353 g/mol. The highest BCUT2D eigenvalue weighted by Gasteiger charge is 2.11. The van der Waals surface area contributed by atoms with E-state index in [4.69, 9.17) is 11.6 Å². The number of rotatable bonds is 4. The summed E-state index contributed by atoms with van der Waals surface area (Å²) in [5.41, 5.74) is 2.70. The average Bonchev–Trinajstić information content (AvgIpc) is 2.47. The second kappa shape index (κ2) is 6.91. The summed E-state index contributed by atoms with van der Waals surface area (Å²) < 4.78 is 1.00. The molecular formula is C16H15BrClNO. The van der Waals surface area contributed by atoms with Gasteiger partial charge >= 0.3 is 0 Å². The van der Waals surface area contributed by atoms with Crippen LogP contribution in [-0.4, -0.2) is 5.91 Å². The Morgan fingerprint density at radius 3 is 2.55 bits per heavy atom. The minimum absolute atomic E-state index is 0.0484. The van der Waals surface area contributed by atoms with Gasteiger partial charge in [0.05, 0.1) is 6.04 Å². The van der Waals surface area contributed by atoms with Gasteiger partial charge in [-0.15, -0.1) is 11.6 Å². The predicted octanol–water partition coefficient (Wildman–Crippen LogP) is 4.68. The maximum absolute atomic E-state index is 12.2. The zero-order chi connectivity index (χ0) is 14.5. The van der Waals surface area contributed by atoms with Crippen molar-refractivity contribution in [3.8, 4) is 0 Å². The number of hydrogen-bond acceptors (Lipinski definition) is 1. The molecule has 1 N–H and O–H groups in total. The smallest absolute Gasteiger partial charge is 0.251 e. The monoisotopic (exact) mass is 351 g/mol. The Morgan fingerprint density at radius 2 is 1.95 bits per heavy atom. The van der Waals surface area contributed by atoms with Crippen LogP contribution in [0.25, 0.3) is 0 Å². The Kier molecular flexibility index (Phi) is 5.21. The Balaban J connectivity index is 2.06. The van der Waals surface area contributed by atoms with Crippen LogP contribution in [0.5, 0.6) is 0 Å². The van der Waals surface area contributed by atoms with Gasteiger partial charge in [-0.2, -0.15) is 0 Å². The summed E-state index contributed by atoms with van der Waals surface area (Å²) in [4.78, 5) is 12.2. The third-order valence-electron chi connectivity index (χ3n) is 3.07. The van der Waals surface area contributed by atoms with Gasteiger partial charge < -0.3 is 5.32 Å². The molecule has 0 bridgehead atoms. The molecule has 2 rings (SSSR count). The molecule has 2 nitrogen and oxygen atoms in total. The van der Waals surface area contributed by atoms with Crippen LogP contribution in [0.4, 0.5) is 0 Å². The molecule has 1 amide bonds. The number of nitrogens with one attached hydrogen (secondary N) is 1. The molecule has 1 atom stereocenters. The standard InChI is InChI=1S/C16H15BrClNO/c1-11(14-3-2-4-15(17)9-14)19-16(20)13-7-5-12(10-18)6-8-13/h2-9,11H,10H2,1H3,(H,19,20)/t11-/m0/s1. The second-order valence-electron chi connectivity index (χ2n) is 4.58. The van der Waals surface area contributed by atoms with Crippen molar-refractivity contribution in [2.45, 2.75) is 18.8 Å². The van der Waals surface area contributed by atoms with Crippen LogP contribution < -0.4 is 5.32 Å². The van der Waals surface area contributed by atoms with E-state index in [1.807, 2.05) is 43.3 Å². The largest absolute Gasteiger partial charge is 0.346 e. The van der Waals surface area contributed by atoms with E-state index in [1.54, 1.807) is 12.1 Å². The van der Waals surface area contributed by atoms with Crippen molar-refractivity contribution in [2.75, 3.05) is 0 Å². The first kappa shape index (κ1) is 15.1. The SMILES string of the molecule is C[C@H](NC(=O)c1ccc(CCl)cc1)c1cccc(Br)c1. The fourth-order valence-electron chi connectivity index (χ4n) is 1.88. The van der Waals surface area contributed by atoms with E-state index in [9.17, 15) is 4.79 Å². The Morgan fingerprint density at radius 1 is 1.25 bits per heavy atom. The first-order chi connectivity index (χ1) is 9.60. The molecule has 0 fully saturated rings. The molecule has 0 aliphatic rings. The summed E-state index contributed by atoms with van der Waals surface area (Å²) in [6.45, 7) is 1.97. The first-order valence-electron chi connectivity index (χ1n) is 6.31. The van der Waals surface area contributed by atoms with Crippen LogP contribution in [0.15, 0.2) is 53.0 Å². The van der Waals surface area contributed by atoms with Gasteiger partial charge in [0, 0.05) is 15.9 Å². The van der Waals surface area contributed by atoms with E-state index in [1.165, 1.54) is 0 Å². The Hall–Kier alpha value is -1.32. The zero-order valence-electron chi connectivity index (χ0n) is 11.1. The molecule has 0 unspecified atom stereocenters. The lowest BCUT2D eigenvalue weighted by Gasteiger charge is -2.14. The number of carbonyl (C=O) groups excluding carboxylic acids is 1. The molecule has 0 saturated heterocycles. The van der Waals surface area contributed by atoms with Crippen molar-refractivity contribution < 1.29 is 4.79 Å².